The molecule has 0 aromatic heterocycles. The maximum atomic E-state index is 10.7. The molecule has 0 radical (unpaired) electrons. The zero-order chi connectivity index (χ0) is 12.7. The number of benzene rings is 1. The van der Waals surface area contributed by atoms with E-state index in [2.05, 4.69) is 0 Å². The van der Waals surface area contributed by atoms with Crippen molar-refractivity contribution in [2.24, 2.45) is 5.73 Å². The van der Waals surface area contributed by atoms with E-state index >= 15 is 0 Å². The molecule has 1 aromatic carbocycles. The van der Waals surface area contributed by atoms with Gasteiger partial charge in [0, 0.05) is 12.6 Å². The van der Waals surface area contributed by atoms with Crippen molar-refractivity contribution in [2.75, 3.05) is 26.4 Å². The van der Waals surface area contributed by atoms with E-state index in [-0.39, 0.29) is 23.1 Å². The summed E-state index contributed by atoms with van der Waals surface area (Å²) in [5.41, 5.74) is 5.08. The Bertz CT molecular complexity index is 387. The molecule has 17 heavy (non-hydrogen) atoms. The average molecular weight is 261 g/mol. The van der Waals surface area contributed by atoms with E-state index < -0.39 is 4.92 Å². The molecule has 7 heteroatoms. The van der Waals surface area contributed by atoms with E-state index in [0.29, 0.717) is 19.8 Å². The molecule has 0 saturated carbocycles. The third-order valence-electron chi connectivity index (χ3n) is 1.88. The molecule has 1 rings (SSSR count). The molecule has 6 nitrogen and oxygen atoms in total. The highest BCUT2D eigenvalue weighted by molar-refractivity contribution is 6.32. The highest BCUT2D eigenvalue weighted by Gasteiger charge is 2.17. The van der Waals surface area contributed by atoms with Gasteiger partial charge in [0.15, 0.2) is 0 Å². The molecule has 0 heterocycles. The second kappa shape index (κ2) is 7.05. The maximum Gasteiger partial charge on any atom is 0.312 e. The van der Waals surface area contributed by atoms with Crippen LogP contribution in [0.1, 0.15) is 0 Å². The summed E-state index contributed by atoms with van der Waals surface area (Å²) in [7, 11) is 0. The van der Waals surface area contributed by atoms with Gasteiger partial charge in [0.2, 0.25) is 5.75 Å². The first-order valence-electron chi connectivity index (χ1n) is 5.00. The van der Waals surface area contributed by atoms with Gasteiger partial charge in [-0.2, -0.15) is 0 Å². The summed E-state index contributed by atoms with van der Waals surface area (Å²) in [5.74, 6) is 0.0653. The summed E-state index contributed by atoms with van der Waals surface area (Å²) >= 11 is 5.82. The molecular weight excluding hydrogens is 248 g/mol. The minimum absolute atomic E-state index is 0.0653. The van der Waals surface area contributed by atoms with Crippen molar-refractivity contribution in [3.05, 3.63) is 33.3 Å². The van der Waals surface area contributed by atoms with Crippen molar-refractivity contribution in [1.29, 1.82) is 0 Å². The van der Waals surface area contributed by atoms with Crippen LogP contribution in [0.25, 0.3) is 0 Å². The SMILES string of the molecule is NCCOCCOc1c(Cl)cccc1[N+](=O)[O-]. The summed E-state index contributed by atoms with van der Waals surface area (Å²) in [6.07, 6.45) is 0. The minimum atomic E-state index is -0.540. The number of hydrogen-bond donors (Lipinski definition) is 1. The number of rotatable bonds is 7. The van der Waals surface area contributed by atoms with E-state index in [9.17, 15) is 10.1 Å². The molecule has 0 aliphatic heterocycles. The Morgan fingerprint density at radius 1 is 1.35 bits per heavy atom. The molecule has 0 unspecified atom stereocenters. The van der Waals surface area contributed by atoms with Gasteiger partial charge in [-0.05, 0) is 6.07 Å². The predicted molar refractivity (Wildman–Crippen MR) is 63.5 cm³/mol. The zero-order valence-electron chi connectivity index (χ0n) is 9.10. The topological polar surface area (TPSA) is 87.6 Å². The van der Waals surface area contributed by atoms with Crippen LogP contribution < -0.4 is 10.5 Å². The highest BCUT2D eigenvalue weighted by Crippen LogP contribution is 2.34. The summed E-state index contributed by atoms with van der Waals surface area (Å²) in [6.45, 7) is 1.34. The van der Waals surface area contributed by atoms with Crippen LogP contribution in [0.3, 0.4) is 0 Å². The molecule has 2 N–H and O–H groups in total. The smallest absolute Gasteiger partial charge is 0.312 e. The fourth-order valence-electron chi connectivity index (χ4n) is 1.17. The van der Waals surface area contributed by atoms with Crippen LogP contribution >= 0.6 is 11.6 Å². The molecule has 0 atom stereocenters. The Morgan fingerprint density at radius 2 is 2.12 bits per heavy atom. The molecule has 0 aliphatic carbocycles. The molecule has 0 aliphatic rings. The van der Waals surface area contributed by atoms with Crippen molar-refractivity contribution >= 4 is 17.3 Å². The van der Waals surface area contributed by atoms with Crippen LogP contribution in [0.15, 0.2) is 18.2 Å². The monoisotopic (exact) mass is 260 g/mol. The number of nitro benzene ring substituents is 1. The quantitative estimate of drug-likeness (QED) is 0.457. The van der Waals surface area contributed by atoms with Gasteiger partial charge in [-0.15, -0.1) is 0 Å². The molecule has 0 saturated heterocycles. The molecular formula is C10H13ClN2O4. The lowest BCUT2D eigenvalue weighted by Gasteiger charge is -2.08. The van der Waals surface area contributed by atoms with Crippen molar-refractivity contribution in [2.45, 2.75) is 0 Å². The van der Waals surface area contributed by atoms with Gasteiger partial charge in [-0.3, -0.25) is 10.1 Å². The maximum absolute atomic E-state index is 10.7. The van der Waals surface area contributed by atoms with Gasteiger partial charge < -0.3 is 15.2 Å². The number of para-hydroxylation sites is 1. The summed E-state index contributed by atoms with van der Waals surface area (Å²) in [4.78, 5) is 10.2. The molecule has 0 amide bonds. The van der Waals surface area contributed by atoms with E-state index in [1.165, 1.54) is 18.2 Å². The summed E-state index contributed by atoms with van der Waals surface area (Å²) in [5, 5.41) is 10.9. The van der Waals surface area contributed by atoms with Crippen LogP contribution in [0.4, 0.5) is 5.69 Å². The highest BCUT2D eigenvalue weighted by atomic mass is 35.5. The van der Waals surface area contributed by atoms with E-state index in [0.717, 1.165) is 0 Å². The Morgan fingerprint density at radius 3 is 2.76 bits per heavy atom. The van der Waals surface area contributed by atoms with E-state index in [1.54, 1.807) is 0 Å². The van der Waals surface area contributed by atoms with Gasteiger partial charge in [0.1, 0.15) is 6.61 Å². The first kappa shape index (κ1) is 13.7. The van der Waals surface area contributed by atoms with E-state index in [1.807, 2.05) is 0 Å². The van der Waals surface area contributed by atoms with Gasteiger partial charge >= 0.3 is 5.69 Å². The normalized spacial score (nSPS) is 10.2. The second-order valence-electron chi connectivity index (χ2n) is 3.09. The predicted octanol–water partition coefficient (Wildman–Crippen LogP) is 1.60. The van der Waals surface area contributed by atoms with Gasteiger partial charge in [0.25, 0.3) is 0 Å². The zero-order valence-corrected chi connectivity index (χ0v) is 9.85. The van der Waals surface area contributed by atoms with Gasteiger partial charge in [-0.1, -0.05) is 17.7 Å². The van der Waals surface area contributed by atoms with Crippen LogP contribution in [0.2, 0.25) is 5.02 Å². The van der Waals surface area contributed by atoms with Crippen molar-refractivity contribution in [3.8, 4) is 5.75 Å². The molecule has 0 bridgehead atoms. The fourth-order valence-corrected chi connectivity index (χ4v) is 1.40. The lowest BCUT2D eigenvalue weighted by molar-refractivity contribution is -0.385. The largest absolute Gasteiger partial charge is 0.483 e. The van der Waals surface area contributed by atoms with Crippen LogP contribution in [0.5, 0.6) is 5.75 Å². The number of nitro groups is 1. The number of nitrogens with two attached hydrogens (primary N) is 1. The van der Waals surface area contributed by atoms with Crippen molar-refractivity contribution in [3.63, 3.8) is 0 Å². The van der Waals surface area contributed by atoms with Crippen LogP contribution in [-0.4, -0.2) is 31.3 Å². The minimum Gasteiger partial charge on any atom is -0.483 e. The van der Waals surface area contributed by atoms with Gasteiger partial charge in [-0.25, -0.2) is 0 Å². The standard InChI is InChI=1S/C10H13ClN2O4/c11-8-2-1-3-9(13(14)15)10(8)17-7-6-16-5-4-12/h1-3H,4-7,12H2. The molecule has 94 valence electrons. The van der Waals surface area contributed by atoms with Crippen molar-refractivity contribution < 1.29 is 14.4 Å². The van der Waals surface area contributed by atoms with Crippen LogP contribution in [-0.2, 0) is 4.74 Å². The summed E-state index contributed by atoms with van der Waals surface area (Å²) in [6, 6.07) is 4.37. The Labute approximate surface area is 103 Å². The fraction of sp³-hybridized carbons (Fsp3) is 0.400. The lowest BCUT2D eigenvalue weighted by Crippen LogP contribution is -2.13. The van der Waals surface area contributed by atoms with Crippen molar-refractivity contribution in [1.82, 2.24) is 0 Å². The third-order valence-corrected chi connectivity index (χ3v) is 2.18. The number of halogens is 1. The van der Waals surface area contributed by atoms with Gasteiger partial charge in [0.05, 0.1) is 23.2 Å². The average Bonchev–Trinajstić information content (AvgIpc) is 2.30. The molecule has 0 fully saturated rings. The van der Waals surface area contributed by atoms with Crippen LogP contribution in [0, 0.1) is 10.1 Å². The first-order valence-corrected chi connectivity index (χ1v) is 5.38. The Hall–Kier alpha value is -1.37. The number of hydrogen-bond acceptors (Lipinski definition) is 5. The summed E-state index contributed by atoms with van der Waals surface area (Å²) < 4.78 is 10.3. The Balaban J connectivity index is 2.60. The number of ether oxygens (including phenoxy) is 2. The molecule has 0 spiro atoms. The molecule has 1 aromatic rings. The lowest BCUT2D eigenvalue weighted by atomic mass is 10.3. The third kappa shape index (κ3) is 4.18. The second-order valence-corrected chi connectivity index (χ2v) is 3.50. The first-order chi connectivity index (χ1) is 8.16. The number of nitrogens with zero attached hydrogens (tertiary/aromatic N) is 1. The van der Waals surface area contributed by atoms with E-state index in [4.69, 9.17) is 26.8 Å². The Kier molecular flexibility index (Phi) is 5.68.